The number of phenolic OH excluding ortho intramolecular Hbond substituents is 1. The van der Waals surface area contributed by atoms with Crippen molar-refractivity contribution in [3.63, 3.8) is 0 Å². The van der Waals surface area contributed by atoms with Gasteiger partial charge in [-0.2, -0.15) is 0 Å². The predicted octanol–water partition coefficient (Wildman–Crippen LogP) is 1.81. The molecule has 0 aromatic heterocycles. The van der Waals surface area contributed by atoms with Gasteiger partial charge in [-0.3, -0.25) is 9.59 Å². The Morgan fingerprint density at radius 1 is 1.04 bits per heavy atom. The normalized spacial score (nSPS) is 13.2. The Morgan fingerprint density at radius 2 is 1.60 bits per heavy atom. The maximum Gasteiger partial charge on any atom is 0.252 e. The largest absolute Gasteiger partial charge is 0.549 e. The van der Waals surface area contributed by atoms with Gasteiger partial charge in [-0.25, -0.2) is 0 Å². The van der Waals surface area contributed by atoms with Crippen LogP contribution in [-0.4, -0.2) is 29.4 Å². The molecule has 2 aromatic carbocycles. The van der Waals surface area contributed by atoms with E-state index in [9.17, 15) is 24.6 Å². The van der Waals surface area contributed by atoms with Gasteiger partial charge in [0.25, 0.3) is 6.16 Å². The summed E-state index contributed by atoms with van der Waals surface area (Å²) in [6.45, 7) is 3.11. The molecule has 0 fully saturated rings. The van der Waals surface area contributed by atoms with Crippen LogP contribution in [0.4, 0.5) is 4.79 Å². The lowest BCUT2D eigenvalue weighted by Gasteiger charge is -2.31. The summed E-state index contributed by atoms with van der Waals surface area (Å²) in [6.07, 6.45) is -1.67. The molecule has 1 aliphatic rings. The number of fused-ring (bicyclic) bond motifs is 2. The van der Waals surface area contributed by atoms with Gasteiger partial charge in [-0.15, -0.1) is 0 Å². The van der Waals surface area contributed by atoms with Gasteiger partial charge in [0.2, 0.25) is 0 Å². The Labute approximate surface area is 143 Å². The number of hydrogen-bond donors (Lipinski definition) is 1. The highest BCUT2D eigenvalue weighted by Crippen LogP contribution is 2.39. The van der Waals surface area contributed by atoms with E-state index in [4.69, 9.17) is 0 Å². The van der Waals surface area contributed by atoms with Crippen LogP contribution in [-0.2, 0) is 10.2 Å². The molecule has 0 amide bonds. The van der Waals surface area contributed by atoms with Crippen LogP contribution in [0, 0.1) is 0 Å². The molecule has 3 rings (SSSR count). The lowest BCUT2D eigenvalue weighted by molar-refractivity contribution is -0.283. The molecule has 25 heavy (non-hydrogen) atoms. The summed E-state index contributed by atoms with van der Waals surface area (Å²) in [7, 11) is 0. The molecule has 0 bridgehead atoms. The van der Waals surface area contributed by atoms with Crippen LogP contribution in [0.5, 0.6) is 5.75 Å². The van der Waals surface area contributed by atoms with E-state index >= 15 is 0 Å². The standard InChI is InChI=1S/C19H16O6/c1-19(2,9-25-18(23)24)12-7-8-13(20)15-14(12)16(21)10-5-3-4-6-11(10)17(15)22/h3-8,20H,9H2,1-2H3,(H,23,24)/p-1. The maximum atomic E-state index is 13.0. The van der Waals surface area contributed by atoms with Crippen LogP contribution >= 0.6 is 0 Å². The smallest absolute Gasteiger partial charge is 0.252 e. The zero-order valence-electron chi connectivity index (χ0n) is 13.7. The predicted molar refractivity (Wildman–Crippen MR) is 85.8 cm³/mol. The molecule has 1 aliphatic carbocycles. The summed E-state index contributed by atoms with van der Waals surface area (Å²) in [4.78, 5) is 36.4. The zero-order valence-corrected chi connectivity index (χ0v) is 13.7. The molecule has 0 spiro atoms. The third-order valence-electron chi connectivity index (χ3n) is 4.33. The molecule has 0 unspecified atom stereocenters. The number of rotatable bonds is 3. The summed E-state index contributed by atoms with van der Waals surface area (Å²) < 4.78 is 4.56. The van der Waals surface area contributed by atoms with Gasteiger partial charge in [0.15, 0.2) is 11.6 Å². The van der Waals surface area contributed by atoms with Crippen molar-refractivity contribution in [2.24, 2.45) is 0 Å². The number of benzene rings is 2. The summed E-state index contributed by atoms with van der Waals surface area (Å²) in [5.41, 5.74) is 0.0209. The van der Waals surface area contributed by atoms with E-state index in [1.807, 2.05) is 0 Å². The lowest BCUT2D eigenvalue weighted by atomic mass is 9.74. The van der Waals surface area contributed by atoms with E-state index in [2.05, 4.69) is 4.74 Å². The number of ketones is 2. The molecule has 0 aliphatic heterocycles. The third kappa shape index (κ3) is 2.65. The Balaban J connectivity index is 2.21. The van der Waals surface area contributed by atoms with Crippen molar-refractivity contribution >= 4 is 17.7 Å². The SMILES string of the molecule is CC(C)(COC(=O)[O-])c1ccc(O)c2c1C(=O)c1ccccc1C2=O. The molecular weight excluding hydrogens is 324 g/mol. The van der Waals surface area contributed by atoms with E-state index in [0.29, 0.717) is 5.56 Å². The first-order valence-corrected chi connectivity index (χ1v) is 7.62. The van der Waals surface area contributed by atoms with E-state index in [1.54, 1.807) is 32.0 Å². The van der Waals surface area contributed by atoms with Crippen molar-refractivity contribution in [1.29, 1.82) is 0 Å². The fourth-order valence-electron chi connectivity index (χ4n) is 3.09. The van der Waals surface area contributed by atoms with Crippen molar-refractivity contribution in [1.82, 2.24) is 0 Å². The first-order valence-electron chi connectivity index (χ1n) is 7.62. The van der Waals surface area contributed by atoms with Crippen molar-refractivity contribution in [2.45, 2.75) is 19.3 Å². The van der Waals surface area contributed by atoms with Gasteiger partial charge in [0, 0.05) is 28.7 Å². The van der Waals surface area contributed by atoms with Crippen molar-refractivity contribution in [2.75, 3.05) is 6.61 Å². The number of carbonyl (C=O) groups is 3. The van der Waals surface area contributed by atoms with Gasteiger partial charge in [0.05, 0.1) is 5.56 Å². The minimum atomic E-state index is -1.67. The van der Waals surface area contributed by atoms with Crippen LogP contribution in [0.25, 0.3) is 0 Å². The molecule has 0 saturated heterocycles. The minimum Gasteiger partial charge on any atom is -0.549 e. The second-order valence-corrected chi connectivity index (χ2v) is 6.51. The molecule has 128 valence electrons. The average Bonchev–Trinajstić information content (AvgIpc) is 2.57. The summed E-state index contributed by atoms with van der Waals surface area (Å²) >= 11 is 0. The Bertz CT molecular complexity index is 910. The molecule has 6 nitrogen and oxygen atoms in total. The quantitative estimate of drug-likeness (QED) is 0.730. The molecule has 0 saturated carbocycles. The highest BCUT2D eigenvalue weighted by atomic mass is 16.7. The maximum absolute atomic E-state index is 13.0. The molecule has 0 radical (unpaired) electrons. The number of carbonyl (C=O) groups excluding carboxylic acids is 3. The van der Waals surface area contributed by atoms with Crippen LogP contribution in [0.15, 0.2) is 36.4 Å². The van der Waals surface area contributed by atoms with E-state index in [1.165, 1.54) is 18.2 Å². The monoisotopic (exact) mass is 339 g/mol. The fraction of sp³-hybridized carbons (Fsp3) is 0.211. The Morgan fingerprint density at radius 3 is 2.16 bits per heavy atom. The van der Waals surface area contributed by atoms with Crippen molar-refractivity contribution in [3.8, 4) is 5.75 Å². The Kier molecular flexibility index (Phi) is 3.83. The molecule has 0 heterocycles. The van der Waals surface area contributed by atoms with E-state index < -0.39 is 23.1 Å². The number of carboxylic acid groups (broad SMARTS) is 1. The van der Waals surface area contributed by atoms with Crippen LogP contribution in [0.1, 0.15) is 51.3 Å². The van der Waals surface area contributed by atoms with Crippen LogP contribution in [0.2, 0.25) is 0 Å². The number of hydrogen-bond acceptors (Lipinski definition) is 6. The summed E-state index contributed by atoms with van der Waals surface area (Å²) in [6, 6.07) is 9.22. The highest BCUT2D eigenvalue weighted by molar-refractivity contribution is 6.29. The van der Waals surface area contributed by atoms with Gasteiger partial charge in [-0.05, 0) is 11.6 Å². The summed E-state index contributed by atoms with van der Waals surface area (Å²) in [5, 5.41) is 20.8. The number of aromatic hydroxyl groups is 1. The van der Waals surface area contributed by atoms with E-state index in [-0.39, 0.29) is 34.6 Å². The Hall–Kier alpha value is -3.15. The van der Waals surface area contributed by atoms with E-state index in [0.717, 1.165) is 0 Å². The topological polar surface area (TPSA) is 104 Å². The highest BCUT2D eigenvalue weighted by Gasteiger charge is 2.37. The van der Waals surface area contributed by atoms with Crippen LogP contribution < -0.4 is 5.11 Å². The minimum absolute atomic E-state index is 0.0669. The zero-order chi connectivity index (χ0) is 18.4. The first kappa shape index (κ1) is 16.7. The molecule has 0 atom stereocenters. The van der Waals surface area contributed by atoms with Gasteiger partial charge >= 0.3 is 0 Å². The summed E-state index contributed by atoms with van der Waals surface area (Å²) in [5.74, 6) is -1.12. The fourth-order valence-corrected chi connectivity index (χ4v) is 3.09. The third-order valence-corrected chi connectivity index (χ3v) is 4.33. The van der Waals surface area contributed by atoms with Crippen molar-refractivity contribution in [3.05, 3.63) is 64.2 Å². The number of ether oxygens (including phenoxy) is 1. The lowest BCUT2D eigenvalue weighted by Crippen LogP contribution is -2.34. The second kappa shape index (κ2) is 5.73. The molecule has 6 heteroatoms. The molecule has 1 N–H and O–H groups in total. The first-order chi connectivity index (χ1) is 11.7. The van der Waals surface area contributed by atoms with Crippen LogP contribution in [0.3, 0.4) is 0 Å². The average molecular weight is 339 g/mol. The number of phenols is 1. The van der Waals surface area contributed by atoms with Gasteiger partial charge in [-0.1, -0.05) is 44.2 Å². The molecular formula is C19H15O6-. The molecule has 2 aromatic rings. The van der Waals surface area contributed by atoms with Gasteiger partial charge in [0.1, 0.15) is 5.75 Å². The van der Waals surface area contributed by atoms with Crippen molar-refractivity contribution < 1.29 is 29.3 Å². The van der Waals surface area contributed by atoms with Gasteiger partial charge < -0.3 is 19.7 Å². The second-order valence-electron chi connectivity index (χ2n) is 6.51.